The third kappa shape index (κ3) is 4.62. The molecule has 4 aromatic rings. The number of fused-ring (bicyclic) bond motifs is 1. The van der Waals surface area contributed by atoms with Crippen molar-refractivity contribution in [1.82, 2.24) is 0 Å². The number of ether oxygens (including phenoxy) is 1. The van der Waals surface area contributed by atoms with E-state index in [4.69, 9.17) is 4.74 Å². The van der Waals surface area contributed by atoms with E-state index in [1.807, 2.05) is 48.5 Å². The molecule has 4 aromatic carbocycles. The molecule has 0 saturated heterocycles. The fourth-order valence-corrected chi connectivity index (χ4v) is 3.68. The number of hydrogen-bond acceptors (Lipinski definition) is 2. The molecule has 0 aromatic heterocycles. The first-order valence-corrected chi connectivity index (χ1v) is 10.5. The minimum atomic E-state index is 0.473. The molecule has 4 rings (SSSR count). The van der Waals surface area contributed by atoms with Crippen LogP contribution in [0.25, 0.3) is 22.4 Å². The number of halogens is 1. The maximum absolute atomic E-state index is 9.84. The summed E-state index contributed by atoms with van der Waals surface area (Å²) in [4.78, 5) is 0. The van der Waals surface area contributed by atoms with Gasteiger partial charge in [-0.3, -0.25) is 0 Å². The van der Waals surface area contributed by atoms with Gasteiger partial charge in [-0.25, -0.2) is 0 Å². The number of allylic oxidation sites excluding steroid dienone is 1. The van der Waals surface area contributed by atoms with Crippen LogP contribution in [0.5, 0.6) is 5.75 Å². The monoisotopic (exact) mass is 453 g/mol. The summed E-state index contributed by atoms with van der Waals surface area (Å²) in [6.45, 7) is 2.54. The molecule has 0 bridgehead atoms. The van der Waals surface area contributed by atoms with Crippen molar-refractivity contribution in [2.24, 2.45) is 0 Å². The van der Waals surface area contributed by atoms with Crippen molar-refractivity contribution >= 4 is 38.4 Å². The Morgan fingerprint density at radius 1 is 0.933 bits per heavy atom. The molecule has 0 saturated carbocycles. The third-order valence-electron chi connectivity index (χ3n) is 4.97. The van der Waals surface area contributed by atoms with E-state index in [1.54, 1.807) is 0 Å². The number of nitrogens with zero attached hydrogens (tertiary/aromatic N) is 1. The van der Waals surface area contributed by atoms with Crippen molar-refractivity contribution < 1.29 is 4.74 Å². The number of benzene rings is 4. The first-order valence-electron chi connectivity index (χ1n) is 9.71. The molecule has 0 N–H and O–H groups in total. The molecule has 0 heterocycles. The molecule has 0 aliphatic carbocycles. The van der Waals surface area contributed by atoms with Crippen LogP contribution in [0.2, 0.25) is 0 Å². The van der Waals surface area contributed by atoms with E-state index in [1.165, 1.54) is 5.56 Å². The van der Waals surface area contributed by atoms with E-state index in [0.717, 1.165) is 37.7 Å². The second-order valence-electron chi connectivity index (χ2n) is 7.19. The molecule has 0 aliphatic rings. The van der Waals surface area contributed by atoms with Crippen molar-refractivity contribution in [3.63, 3.8) is 0 Å². The standard InChI is InChI=1S/C27H20BrNO/c1-19-6-8-20(9-7-19)18-30-27-13-12-26(28)16-24(27)15-25(17-29)23-11-10-21-4-2-3-5-22(21)14-23/h2-16H,18H2,1H3/b25-15-. The average Bonchev–Trinajstić information content (AvgIpc) is 2.77. The lowest BCUT2D eigenvalue weighted by Gasteiger charge is -2.11. The molecule has 2 nitrogen and oxygen atoms in total. The van der Waals surface area contributed by atoms with Gasteiger partial charge in [-0.15, -0.1) is 0 Å². The zero-order valence-corrected chi connectivity index (χ0v) is 18.2. The van der Waals surface area contributed by atoms with Crippen LogP contribution in [0.3, 0.4) is 0 Å². The summed E-state index contributed by atoms with van der Waals surface area (Å²) in [7, 11) is 0. The lowest BCUT2D eigenvalue weighted by Crippen LogP contribution is -1.97. The largest absolute Gasteiger partial charge is 0.488 e. The Hall–Kier alpha value is -3.35. The van der Waals surface area contributed by atoms with Crippen LogP contribution < -0.4 is 4.74 Å². The average molecular weight is 454 g/mol. The highest BCUT2D eigenvalue weighted by molar-refractivity contribution is 9.10. The first kappa shape index (κ1) is 19.9. The fraction of sp³-hybridized carbons (Fsp3) is 0.0741. The summed E-state index contributed by atoms with van der Waals surface area (Å²) in [6, 6.07) is 30.7. The van der Waals surface area contributed by atoms with Gasteiger partial charge in [0.1, 0.15) is 12.4 Å². The van der Waals surface area contributed by atoms with Gasteiger partial charge < -0.3 is 4.74 Å². The lowest BCUT2D eigenvalue weighted by molar-refractivity contribution is 0.305. The normalized spacial score (nSPS) is 11.3. The summed E-state index contributed by atoms with van der Waals surface area (Å²) >= 11 is 3.53. The van der Waals surface area contributed by atoms with Gasteiger partial charge >= 0.3 is 0 Å². The minimum Gasteiger partial charge on any atom is -0.488 e. The molecule has 30 heavy (non-hydrogen) atoms. The van der Waals surface area contributed by atoms with Crippen molar-refractivity contribution in [2.45, 2.75) is 13.5 Å². The SMILES string of the molecule is Cc1ccc(COc2ccc(Br)cc2/C=C(/C#N)c2ccc3ccccc3c2)cc1. The summed E-state index contributed by atoms with van der Waals surface area (Å²) in [6.07, 6.45) is 1.89. The van der Waals surface area contributed by atoms with Gasteiger partial charge in [-0.05, 0) is 59.2 Å². The second-order valence-corrected chi connectivity index (χ2v) is 8.10. The van der Waals surface area contributed by atoms with Gasteiger partial charge in [-0.2, -0.15) is 5.26 Å². The summed E-state index contributed by atoms with van der Waals surface area (Å²) < 4.78 is 7.03. The number of hydrogen-bond donors (Lipinski definition) is 0. The van der Waals surface area contributed by atoms with Crippen LogP contribution in [0.1, 0.15) is 22.3 Å². The maximum atomic E-state index is 9.84. The smallest absolute Gasteiger partial charge is 0.127 e. The van der Waals surface area contributed by atoms with Gasteiger partial charge in [0, 0.05) is 10.0 Å². The van der Waals surface area contributed by atoms with Crippen LogP contribution in [0, 0.1) is 18.3 Å². The Morgan fingerprint density at radius 3 is 2.47 bits per heavy atom. The minimum absolute atomic E-state index is 0.473. The van der Waals surface area contributed by atoms with E-state index in [0.29, 0.717) is 12.2 Å². The van der Waals surface area contributed by atoms with Crippen LogP contribution in [0.15, 0.2) is 89.4 Å². The summed E-state index contributed by atoms with van der Waals surface area (Å²) in [5.41, 5.74) is 4.68. The predicted octanol–water partition coefficient (Wildman–Crippen LogP) is 7.55. The molecule has 146 valence electrons. The van der Waals surface area contributed by atoms with E-state index in [9.17, 15) is 5.26 Å². The Balaban J connectivity index is 1.67. The van der Waals surface area contributed by atoms with E-state index in [-0.39, 0.29) is 0 Å². The van der Waals surface area contributed by atoms with Crippen LogP contribution in [-0.2, 0) is 6.61 Å². The topological polar surface area (TPSA) is 33.0 Å². The highest BCUT2D eigenvalue weighted by Crippen LogP contribution is 2.29. The molecular formula is C27H20BrNO. The van der Waals surface area contributed by atoms with Gasteiger partial charge in [0.2, 0.25) is 0 Å². The van der Waals surface area contributed by atoms with Crippen LogP contribution >= 0.6 is 15.9 Å². The molecule has 0 aliphatic heterocycles. The van der Waals surface area contributed by atoms with Gasteiger partial charge in [0.25, 0.3) is 0 Å². The zero-order chi connectivity index (χ0) is 20.9. The fourth-order valence-electron chi connectivity index (χ4n) is 3.30. The van der Waals surface area contributed by atoms with Crippen LogP contribution in [0.4, 0.5) is 0 Å². The van der Waals surface area contributed by atoms with Gasteiger partial charge in [0.05, 0.1) is 11.6 Å². The molecule has 3 heteroatoms. The summed E-state index contributed by atoms with van der Waals surface area (Å²) in [5, 5.41) is 12.1. The van der Waals surface area contributed by atoms with Crippen molar-refractivity contribution in [2.75, 3.05) is 0 Å². The summed E-state index contributed by atoms with van der Waals surface area (Å²) in [5.74, 6) is 0.743. The lowest BCUT2D eigenvalue weighted by atomic mass is 10.00. The first-order chi connectivity index (χ1) is 14.6. The Labute approximate surface area is 185 Å². The van der Waals surface area contributed by atoms with E-state index < -0.39 is 0 Å². The Bertz CT molecular complexity index is 1270. The van der Waals surface area contributed by atoms with E-state index >= 15 is 0 Å². The molecule has 0 unspecified atom stereocenters. The Kier molecular flexibility index (Phi) is 5.97. The van der Waals surface area contributed by atoms with Crippen molar-refractivity contribution in [1.29, 1.82) is 5.26 Å². The van der Waals surface area contributed by atoms with E-state index in [2.05, 4.69) is 71.4 Å². The zero-order valence-electron chi connectivity index (χ0n) is 16.6. The maximum Gasteiger partial charge on any atom is 0.127 e. The molecule has 0 atom stereocenters. The van der Waals surface area contributed by atoms with Crippen molar-refractivity contribution in [3.8, 4) is 11.8 Å². The second kappa shape index (κ2) is 8.98. The van der Waals surface area contributed by atoms with Gasteiger partial charge in [0.15, 0.2) is 0 Å². The highest BCUT2D eigenvalue weighted by Gasteiger charge is 2.08. The number of nitriles is 1. The van der Waals surface area contributed by atoms with Crippen molar-refractivity contribution in [3.05, 3.63) is 112 Å². The van der Waals surface area contributed by atoms with Crippen LogP contribution in [-0.4, -0.2) is 0 Å². The molecule has 0 radical (unpaired) electrons. The van der Waals surface area contributed by atoms with Gasteiger partial charge in [-0.1, -0.05) is 82.2 Å². The molecule has 0 spiro atoms. The number of aryl methyl sites for hydroxylation is 1. The molecule has 0 fully saturated rings. The predicted molar refractivity (Wildman–Crippen MR) is 127 cm³/mol. The Morgan fingerprint density at radius 2 is 1.70 bits per heavy atom. The third-order valence-corrected chi connectivity index (χ3v) is 5.46. The number of rotatable bonds is 5. The molecule has 0 amide bonds. The highest BCUT2D eigenvalue weighted by atomic mass is 79.9. The molecular weight excluding hydrogens is 434 g/mol. The quantitative estimate of drug-likeness (QED) is 0.230.